The zero-order chi connectivity index (χ0) is 17.4. The molecule has 2 N–H and O–H groups in total. The molecule has 0 radical (unpaired) electrons. The molecule has 0 heterocycles. The Hall–Kier alpha value is -2.40. The first kappa shape index (κ1) is 17.9. The van der Waals surface area contributed by atoms with Crippen molar-refractivity contribution < 1.29 is 9.53 Å². The highest BCUT2D eigenvalue weighted by molar-refractivity contribution is 6.30. The summed E-state index contributed by atoms with van der Waals surface area (Å²) < 4.78 is 5.41. The van der Waals surface area contributed by atoms with Crippen molar-refractivity contribution in [1.82, 2.24) is 5.32 Å². The normalized spacial score (nSPS) is 10.1. The van der Waals surface area contributed by atoms with E-state index in [1.54, 1.807) is 24.3 Å². The zero-order valence-corrected chi connectivity index (χ0v) is 14.6. The molecule has 0 saturated carbocycles. The number of nitrogens with zero attached hydrogens (tertiary/aromatic N) is 1. The Morgan fingerprint density at radius 3 is 2.25 bits per heavy atom. The maximum absolute atomic E-state index is 11.9. The van der Waals surface area contributed by atoms with Gasteiger partial charge in [0.15, 0.2) is 6.73 Å². The fourth-order valence-corrected chi connectivity index (χ4v) is 2.36. The van der Waals surface area contributed by atoms with Gasteiger partial charge in [0, 0.05) is 29.5 Å². The van der Waals surface area contributed by atoms with Gasteiger partial charge in [-0.25, -0.2) is 4.79 Å². The number of rotatable bonds is 7. The van der Waals surface area contributed by atoms with Gasteiger partial charge in [0.2, 0.25) is 0 Å². The third-order valence-electron chi connectivity index (χ3n) is 3.54. The van der Waals surface area contributed by atoms with Gasteiger partial charge in [-0.05, 0) is 62.4 Å². The van der Waals surface area contributed by atoms with E-state index in [9.17, 15) is 4.79 Å². The van der Waals surface area contributed by atoms with Crippen LogP contribution in [0.5, 0.6) is 5.75 Å². The second-order valence-corrected chi connectivity index (χ2v) is 5.53. The molecule has 0 unspecified atom stereocenters. The molecule has 2 aromatic carbocycles. The Bertz CT molecular complexity index is 640. The summed E-state index contributed by atoms with van der Waals surface area (Å²) in [5.41, 5.74) is 1.87. The Labute approximate surface area is 147 Å². The summed E-state index contributed by atoms with van der Waals surface area (Å²) in [5, 5.41) is 6.05. The van der Waals surface area contributed by atoms with Gasteiger partial charge in [-0.2, -0.15) is 0 Å². The largest absolute Gasteiger partial charge is 0.473 e. The molecule has 0 bridgehead atoms. The number of anilines is 2. The molecule has 128 valence electrons. The maximum Gasteiger partial charge on any atom is 0.321 e. The van der Waals surface area contributed by atoms with Crippen LogP contribution in [-0.4, -0.2) is 25.9 Å². The Morgan fingerprint density at radius 1 is 1.04 bits per heavy atom. The SMILES string of the molecule is CCN(CC)c1ccc(NC(=O)NCOc2ccc(Cl)cc2)cc1. The zero-order valence-electron chi connectivity index (χ0n) is 13.9. The van der Waals surface area contributed by atoms with Crippen LogP contribution in [0.3, 0.4) is 0 Å². The van der Waals surface area contributed by atoms with E-state index in [1.165, 1.54) is 0 Å². The minimum absolute atomic E-state index is 0.0744. The lowest BCUT2D eigenvalue weighted by Gasteiger charge is -2.21. The van der Waals surface area contributed by atoms with Crippen molar-refractivity contribution in [3.8, 4) is 5.75 Å². The number of halogens is 1. The minimum Gasteiger partial charge on any atom is -0.473 e. The molecule has 0 aromatic heterocycles. The Balaban J connectivity index is 1.78. The molecular weight excluding hydrogens is 326 g/mol. The summed E-state index contributed by atoms with van der Waals surface area (Å²) in [7, 11) is 0. The average Bonchev–Trinajstić information content (AvgIpc) is 2.59. The molecule has 2 rings (SSSR count). The second kappa shape index (κ2) is 9.03. The number of carbonyl (C=O) groups is 1. The topological polar surface area (TPSA) is 53.6 Å². The molecule has 24 heavy (non-hydrogen) atoms. The third-order valence-corrected chi connectivity index (χ3v) is 3.79. The number of hydrogen-bond acceptors (Lipinski definition) is 3. The molecule has 0 aliphatic rings. The molecule has 0 saturated heterocycles. The predicted octanol–water partition coefficient (Wildman–Crippen LogP) is 4.34. The number of hydrogen-bond donors (Lipinski definition) is 2. The van der Waals surface area contributed by atoms with Crippen molar-refractivity contribution in [3.63, 3.8) is 0 Å². The molecule has 0 atom stereocenters. The van der Waals surface area contributed by atoms with E-state index in [4.69, 9.17) is 16.3 Å². The highest BCUT2D eigenvalue weighted by Crippen LogP contribution is 2.18. The molecule has 0 aliphatic carbocycles. The lowest BCUT2D eigenvalue weighted by molar-refractivity contribution is 0.234. The molecule has 0 spiro atoms. The van der Waals surface area contributed by atoms with E-state index < -0.39 is 0 Å². The minimum atomic E-state index is -0.320. The molecular formula is C18H22ClN3O2. The summed E-state index contributed by atoms with van der Waals surface area (Å²) in [6, 6.07) is 14.4. The van der Waals surface area contributed by atoms with Crippen LogP contribution in [0.15, 0.2) is 48.5 Å². The van der Waals surface area contributed by atoms with Gasteiger partial charge in [-0.15, -0.1) is 0 Å². The van der Waals surface area contributed by atoms with Crippen LogP contribution in [0.4, 0.5) is 16.2 Å². The monoisotopic (exact) mass is 347 g/mol. The fourth-order valence-electron chi connectivity index (χ4n) is 2.24. The quantitative estimate of drug-likeness (QED) is 0.732. The Kier molecular flexibility index (Phi) is 6.75. The van der Waals surface area contributed by atoms with E-state index in [0.717, 1.165) is 24.5 Å². The van der Waals surface area contributed by atoms with Crippen molar-refractivity contribution in [1.29, 1.82) is 0 Å². The first-order chi connectivity index (χ1) is 11.6. The standard InChI is InChI=1S/C18H22ClN3O2/c1-3-22(4-2)16-9-7-15(8-10-16)21-18(23)20-13-24-17-11-5-14(19)6-12-17/h5-12H,3-4,13H2,1-2H3,(H2,20,21,23). The van der Waals surface area contributed by atoms with Crippen molar-refractivity contribution in [2.75, 3.05) is 30.0 Å². The van der Waals surface area contributed by atoms with Crippen LogP contribution in [0.2, 0.25) is 5.02 Å². The summed E-state index contributed by atoms with van der Waals surface area (Å²) in [5.74, 6) is 0.642. The van der Waals surface area contributed by atoms with E-state index >= 15 is 0 Å². The van der Waals surface area contributed by atoms with Crippen LogP contribution >= 0.6 is 11.6 Å². The summed E-state index contributed by atoms with van der Waals surface area (Å²) in [6.45, 7) is 6.20. The lowest BCUT2D eigenvalue weighted by atomic mass is 10.2. The molecule has 2 amide bonds. The van der Waals surface area contributed by atoms with Gasteiger partial charge < -0.3 is 20.3 Å². The van der Waals surface area contributed by atoms with Crippen LogP contribution in [-0.2, 0) is 0 Å². The smallest absolute Gasteiger partial charge is 0.321 e. The first-order valence-corrected chi connectivity index (χ1v) is 8.28. The van der Waals surface area contributed by atoms with Crippen molar-refractivity contribution in [3.05, 3.63) is 53.6 Å². The first-order valence-electron chi connectivity index (χ1n) is 7.90. The number of ether oxygens (including phenoxy) is 1. The van der Waals surface area contributed by atoms with Gasteiger partial charge in [-0.1, -0.05) is 11.6 Å². The fraction of sp³-hybridized carbons (Fsp3) is 0.278. The third kappa shape index (κ3) is 5.35. The number of nitrogens with one attached hydrogen (secondary N) is 2. The molecule has 0 fully saturated rings. The van der Waals surface area contributed by atoms with Crippen LogP contribution in [0, 0.1) is 0 Å². The molecule has 2 aromatic rings. The highest BCUT2D eigenvalue weighted by atomic mass is 35.5. The van der Waals surface area contributed by atoms with Crippen LogP contribution in [0.25, 0.3) is 0 Å². The number of urea groups is 1. The van der Waals surface area contributed by atoms with Gasteiger partial charge in [0.25, 0.3) is 0 Å². The average molecular weight is 348 g/mol. The summed E-state index contributed by atoms with van der Waals surface area (Å²) in [6.07, 6.45) is 0. The Morgan fingerprint density at radius 2 is 1.67 bits per heavy atom. The summed E-state index contributed by atoms with van der Waals surface area (Å²) in [4.78, 5) is 14.1. The van der Waals surface area contributed by atoms with E-state index in [1.807, 2.05) is 24.3 Å². The number of carbonyl (C=O) groups excluding carboxylic acids is 1. The van der Waals surface area contributed by atoms with Crippen LogP contribution < -0.4 is 20.3 Å². The summed E-state index contributed by atoms with van der Waals surface area (Å²) >= 11 is 5.80. The molecule has 0 aliphatic heterocycles. The van der Waals surface area contributed by atoms with Gasteiger partial charge in [0.05, 0.1) is 0 Å². The predicted molar refractivity (Wildman–Crippen MR) is 99.1 cm³/mol. The lowest BCUT2D eigenvalue weighted by Crippen LogP contribution is -2.32. The van der Waals surface area contributed by atoms with E-state index in [2.05, 4.69) is 29.4 Å². The molecule has 6 heteroatoms. The number of benzene rings is 2. The van der Waals surface area contributed by atoms with Crippen molar-refractivity contribution in [2.24, 2.45) is 0 Å². The van der Waals surface area contributed by atoms with E-state index in [-0.39, 0.29) is 12.8 Å². The van der Waals surface area contributed by atoms with E-state index in [0.29, 0.717) is 10.8 Å². The molecule has 5 nitrogen and oxygen atoms in total. The van der Waals surface area contributed by atoms with Crippen molar-refractivity contribution >= 4 is 29.0 Å². The van der Waals surface area contributed by atoms with Gasteiger partial charge in [-0.3, -0.25) is 0 Å². The number of amides is 2. The second-order valence-electron chi connectivity index (χ2n) is 5.09. The van der Waals surface area contributed by atoms with Gasteiger partial charge in [0.1, 0.15) is 5.75 Å². The van der Waals surface area contributed by atoms with Crippen LogP contribution in [0.1, 0.15) is 13.8 Å². The van der Waals surface area contributed by atoms with Crippen molar-refractivity contribution in [2.45, 2.75) is 13.8 Å². The maximum atomic E-state index is 11.9. The highest BCUT2D eigenvalue weighted by Gasteiger charge is 2.04. The van der Waals surface area contributed by atoms with Gasteiger partial charge >= 0.3 is 6.03 Å².